The van der Waals surface area contributed by atoms with Gasteiger partial charge in [-0.2, -0.15) is 20.8 Å². The molecule has 4 nitrogen and oxygen atoms in total. The van der Waals surface area contributed by atoms with Gasteiger partial charge in [0.1, 0.15) is 0 Å². The largest absolute Gasteiger partial charge is 0.198 e. The summed E-state index contributed by atoms with van der Waals surface area (Å²) < 4.78 is 0. The average molecular weight is 272 g/mol. The highest BCUT2D eigenvalue weighted by molar-refractivity contribution is 4.93. The van der Waals surface area contributed by atoms with Crippen molar-refractivity contribution in [3.05, 3.63) is 0 Å². The standard InChI is InChI=1S/C16H24N4/c17-9-15(13-5-1-2-6-13)11-19-20-12-16(10-18)14-7-3-4-8-14/h13-16H,1-8,11-12H2. The Balaban J connectivity index is 1.74. The molecule has 2 unspecified atom stereocenters. The number of hydrogen-bond acceptors (Lipinski definition) is 4. The summed E-state index contributed by atoms with van der Waals surface area (Å²) in [5.41, 5.74) is 0. The maximum atomic E-state index is 9.21. The summed E-state index contributed by atoms with van der Waals surface area (Å²) in [6.45, 7) is 1.04. The van der Waals surface area contributed by atoms with E-state index < -0.39 is 0 Å². The molecule has 2 fully saturated rings. The van der Waals surface area contributed by atoms with E-state index in [1.807, 2.05) is 0 Å². The normalized spacial score (nSPS) is 23.7. The van der Waals surface area contributed by atoms with Gasteiger partial charge < -0.3 is 0 Å². The number of nitrogens with zero attached hydrogens (tertiary/aromatic N) is 4. The predicted octanol–water partition coefficient (Wildman–Crippen LogP) is 4.10. The molecule has 0 amide bonds. The van der Waals surface area contributed by atoms with Gasteiger partial charge in [0.25, 0.3) is 0 Å². The van der Waals surface area contributed by atoms with Crippen molar-refractivity contribution in [2.24, 2.45) is 33.9 Å². The maximum Gasteiger partial charge on any atom is 0.0759 e. The lowest BCUT2D eigenvalue weighted by atomic mass is 9.92. The van der Waals surface area contributed by atoms with Crippen LogP contribution in [0.1, 0.15) is 51.4 Å². The predicted molar refractivity (Wildman–Crippen MR) is 76.7 cm³/mol. The van der Waals surface area contributed by atoms with Crippen LogP contribution in [0, 0.1) is 46.3 Å². The Hall–Kier alpha value is -1.42. The van der Waals surface area contributed by atoms with E-state index in [1.165, 1.54) is 25.7 Å². The van der Waals surface area contributed by atoms with E-state index >= 15 is 0 Å². The van der Waals surface area contributed by atoms with Crippen LogP contribution in [0.3, 0.4) is 0 Å². The third kappa shape index (κ3) is 4.04. The minimum Gasteiger partial charge on any atom is -0.198 e. The maximum absolute atomic E-state index is 9.21. The van der Waals surface area contributed by atoms with Crippen LogP contribution >= 0.6 is 0 Å². The first-order valence-corrected chi connectivity index (χ1v) is 7.97. The monoisotopic (exact) mass is 272 g/mol. The van der Waals surface area contributed by atoms with Gasteiger partial charge in [0.15, 0.2) is 0 Å². The molecule has 2 saturated carbocycles. The lowest BCUT2D eigenvalue weighted by Crippen LogP contribution is -2.14. The van der Waals surface area contributed by atoms with E-state index in [2.05, 4.69) is 22.4 Å². The van der Waals surface area contributed by atoms with Crippen LogP contribution in [-0.4, -0.2) is 13.1 Å². The van der Waals surface area contributed by atoms with E-state index in [1.54, 1.807) is 0 Å². The third-order valence-electron chi connectivity index (χ3n) is 4.93. The summed E-state index contributed by atoms with van der Waals surface area (Å²) in [5.74, 6) is 1.07. The highest BCUT2D eigenvalue weighted by Gasteiger charge is 2.26. The molecular formula is C16H24N4. The van der Waals surface area contributed by atoms with Crippen LogP contribution in [0.15, 0.2) is 10.2 Å². The van der Waals surface area contributed by atoms with Crippen LogP contribution < -0.4 is 0 Å². The van der Waals surface area contributed by atoms with Crippen molar-refractivity contribution in [3.8, 4) is 12.1 Å². The van der Waals surface area contributed by atoms with Gasteiger partial charge in [0, 0.05) is 0 Å². The van der Waals surface area contributed by atoms with Crippen LogP contribution in [0.5, 0.6) is 0 Å². The number of azo groups is 1. The van der Waals surface area contributed by atoms with E-state index in [0.29, 0.717) is 24.9 Å². The Kier molecular flexibility index (Phi) is 5.99. The zero-order valence-electron chi connectivity index (χ0n) is 12.2. The first-order chi connectivity index (χ1) is 9.85. The van der Waals surface area contributed by atoms with E-state index in [4.69, 9.17) is 0 Å². The zero-order valence-corrected chi connectivity index (χ0v) is 12.2. The zero-order chi connectivity index (χ0) is 14.2. The number of hydrogen-bond donors (Lipinski definition) is 0. The molecule has 2 rings (SSSR count). The van der Waals surface area contributed by atoms with E-state index in [9.17, 15) is 10.5 Å². The second kappa shape index (κ2) is 8.00. The smallest absolute Gasteiger partial charge is 0.0759 e. The highest BCUT2D eigenvalue weighted by Crippen LogP contribution is 2.32. The molecule has 2 atom stereocenters. The molecule has 4 heteroatoms. The van der Waals surface area contributed by atoms with Gasteiger partial charge in [-0.1, -0.05) is 25.7 Å². The van der Waals surface area contributed by atoms with Crippen molar-refractivity contribution < 1.29 is 0 Å². The van der Waals surface area contributed by atoms with Gasteiger partial charge in [-0.25, -0.2) is 0 Å². The summed E-state index contributed by atoms with van der Waals surface area (Å²) in [6, 6.07) is 4.76. The second-order valence-corrected chi connectivity index (χ2v) is 6.21. The van der Waals surface area contributed by atoms with Gasteiger partial charge in [-0.05, 0) is 37.5 Å². The fourth-order valence-electron chi connectivity index (χ4n) is 3.60. The Labute approximate surface area is 121 Å². The molecule has 0 radical (unpaired) electrons. The Morgan fingerprint density at radius 1 is 0.750 bits per heavy atom. The van der Waals surface area contributed by atoms with Crippen molar-refractivity contribution in [3.63, 3.8) is 0 Å². The molecule has 0 aromatic heterocycles. The summed E-state index contributed by atoms with van der Waals surface area (Å²) >= 11 is 0. The number of nitriles is 2. The molecule has 0 aromatic rings. The Bertz CT molecular complexity index is 354. The Morgan fingerprint density at radius 2 is 1.10 bits per heavy atom. The summed E-state index contributed by atoms with van der Waals surface area (Å²) in [7, 11) is 0. The van der Waals surface area contributed by atoms with Gasteiger partial charge in [0.2, 0.25) is 0 Å². The van der Waals surface area contributed by atoms with Gasteiger partial charge in [-0.3, -0.25) is 0 Å². The van der Waals surface area contributed by atoms with Crippen LogP contribution in [-0.2, 0) is 0 Å². The second-order valence-electron chi connectivity index (χ2n) is 6.21. The summed E-state index contributed by atoms with van der Waals surface area (Å²) in [4.78, 5) is 0. The van der Waals surface area contributed by atoms with Crippen LogP contribution in [0.4, 0.5) is 0 Å². The molecule has 0 saturated heterocycles. The first-order valence-electron chi connectivity index (χ1n) is 7.97. The van der Waals surface area contributed by atoms with Gasteiger partial charge in [0.05, 0.1) is 37.1 Å². The molecule has 0 N–H and O–H groups in total. The SMILES string of the molecule is N#CC(CN=NCC(C#N)C1CCCC1)C1CCCC1. The van der Waals surface area contributed by atoms with Gasteiger partial charge in [-0.15, -0.1) is 0 Å². The first kappa shape index (κ1) is 15.0. The van der Waals surface area contributed by atoms with E-state index in [0.717, 1.165) is 25.7 Å². The molecule has 0 heterocycles. The van der Waals surface area contributed by atoms with E-state index in [-0.39, 0.29) is 11.8 Å². The fraction of sp³-hybridized carbons (Fsp3) is 0.875. The minimum atomic E-state index is 0.0215. The molecular weight excluding hydrogens is 248 g/mol. The third-order valence-corrected chi connectivity index (χ3v) is 4.93. The molecule has 20 heavy (non-hydrogen) atoms. The molecule has 2 aliphatic carbocycles. The molecule has 2 aliphatic rings. The highest BCUT2D eigenvalue weighted by atomic mass is 15.1. The summed E-state index contributed by atoms with van der Waals surface area (Å²) in [5, 5.41) is 26.8. The minimum absolute atomic E-state index is 0.0215. The van der Waals surface area contributed by atoms with Crippen LogP contribution in [0.2, 0.25) is 0 Å². The van der Waals surface area contributed by atoms with Crippen molar-refractivity contribution >= 4 is 0 Å². The van der Waals surface area contributed by atoms with Crippen LogP contribution in [0.25, 0.3) is 0 Å². The van der Waals surface area contributed by atoms with Gasteiger partial charge >= 0.3 is 0 Å². The number of rotatable bonds is 6. The summed E-state index contributed by atoms with van der Waals surface area (Å²) in [6.07, 6.45) is 9.65. The molecule has 0 spiro atoms. The quantitative estimate of drug-likeness (QED) is 0.683. The van der Waals surface area contributed by atoms with Crippen molar-refractivity contribution in [1.82, 2.24) is 0 Å². The fourth-order valence-corrected chi connectivity index (χ4v) is 3.60. The van der Waals surface area contributed by atoms with Crippen molar-refractivity contribution in [2.45, 2.75) is 51.4 Å². The lowest BCUT2D eigenvalue weighted by Gasteiger charge is -2.14. The van der Waals surface area contributed by atoms with Crippen molar-refractivity contribution in [2.75, 3.05) is 13.1 Å². The molecule has 0 aromatic carbocycles. The molecule has 0 bridgehead atoms. The topological polar surface area (TPSA) is 72.3 Å². The Morgan fingerprint density at radius 3 is 1.40 bits per heavy atom. The lowest BCUT2D eigenvalue weighted by molar-refractivity contribution is 0.401. The molecule has 108 valence electrons. The van der Waals surface area contributed by atoms with Crippen molar-refractivity contribution in [1.29, 1.82) is 10.5 Å². The molecule has 0 aliphatic heterocycles. The average Bonchev–Trinajstić information content (AvgIpc) is 3.15.